The number of fused-ring (bicyclic) bond motifs is 1. The zero-order valence-electron chi connectivity index (χ0n) is 16.4. The summed E-state index contributed by atoms with van der Waals surface area (Å²) in [4.78, 5) is 13.4. The number of hydrogen-bond donors (Lipinski definition) is 1. The molecule has 3 aromatic heterocycles. The van der Waals surface area contributed by atoms with Crippen molar-refractivity contribution in [1.82, 2.24) is 34.5 Å². The van der Waals surface area contributed by atoms with Gasteiger partial charge in [-0.15, -0.1) is 5.10 Å². The van der Waals surface area contributed by atoms with E-state index in [0.29, 0.717) is 17.1 Å². The molecule has 0 aliphatic heterocycles. The molecule has 3 heterocycles. The van der Waals surface area contributed by atoms with Gasteiger partial charge in [-0.3, -0.25) is 0 Å². The lowest BCUT2D eigenvalue weighted by atomic mass is 10.2. The van der Waals surface area contributed by atoms with Gasteiger partial charge >= 0.3 is 0 Å². The summed E-state index contributed by atoms with van der Waals surface area (Å²) in [6.45, 7) is 0. The highest BCUT2D eigenvalue weighted by Gasteiger charge is 2.11. The van der Waals surface area contributed by atoms with Gasteiger partial charge in [0.25, 0.3) is 0 Å². The number of aromatic nitrogens is 7. The number of rotatable bonds is 5. The molecule has 30 heavy (non-hydrogen) atoms. The van der Waals surface area contributed by atoms with Crippen LogP contribution in [-0.4, -0.2) is 41.6 Å². The minimum Gasteiger partial charge on any atom is -0.497 e. The maximum Gasteiger partial charge on any atom is 0.229 e. The predicted molar refractivity (Wildman–Crippen MR) is 113 cm³/mol. The third-order valence-electron chi connectivity index (χ3n) is 4.71. The molecule has 0 aliphatic carbocycles. The van der Waals surface area contributed by atoms with Gasteiger partial charge in [0.2, 0.25) is 5.95 Å². The Morgan fingerprint density at radius 3 is 2.67 bits per heavy atom. The lowest BCUT2D eigenvalue weighted by Crippen LogP contribution is -2.01. The van der Waals surface area contributed by atoms with Gasteiger partial charge in [0.05, 0.1) is 19.0 Å². The van der Waals surface area contributed by atoms with E-state index in [1.165, 1.54) is 0 Å². The summed E-state index contributed by atoms with van der Waals surface area (Å²) in [6.07, 6.45) is 5.35. The highest BCUT2D eigenvalue weighted by molar-refractivity contribution is 5.73. The van der Waals surface area contributed by atoms with E-state index in [1.54, 1.807) is 24.2 Å². The molecule has 5 rings (SSSR count). The Morgan fingerprint density at radius 2 is 1.90 bits per heavy atom. The van der Waals surface area contributed by atoms with Gasteiger partial charge < -0.3 is 14.6 Å². The summed E-state index contributed by atoms with van der Waals surface area (Å²) in [5.41, 5.74) is 3.91. The van der Waals surface area contributed by atoms with Crippen LogP contribution in [0, 0.1) is 0 Å². The maximum atomic E-state index is 5.22. The Labute approximate surface area is 172 Å². The second kappa shape index (κ2) is 7.28. The van der Waals surface area contributed by atoms with Crippen LogP contribution >= 0.6 is 0 Å². The number of hydrogen-bond acceptors (Lipinski definition) is 7. The van der Waals surface area contributed by atoms with Gasteiger partial charge in [0, 0.05) is 30.7 Å². The number of benzene rings is 2. The average Bonchev–Trinajstić information content (AvgIpc) is 3.40. The Balaban J connectivity index is 1.48. The molecule has 9 heteroatoms. The van der Waals surface area contributed by atoms with Crippen LogP contribution in [0.1, 0.15) is 0 Å². The van der Waals surface area contributed by atoms with E-state index in [1.807, 2.05) is 66.3 Å². The number of aryl methyl sites for hydroxylation is 1. The van der Waals surface area contributed by atoms with Crippen LogP contribution in [0.15, 0.2) is 67.1 Å². The van der Waals surface area contributed by atoms with Crippen molar-refractivity contribution in [3.63, 3.8) is 0 Å². The van der Waals surface area contributed by atoms with Gasteiger partial charge in [-0.05, 0) is 36.4 Å². The fourth-order valence-corrected chi connectivity index (χ4v) is 3.19. The van der Waals surface area contributed by atoms with Crippen molar-refractivity contribution >= 4 is 22.8 Å². The monoisotopic (exact) mass is 398 g/mol. The molecular weight excluding hydrogens is 380 g/mol. The molecule has 0 spiro atoms. The second-order valence-electron chi connectivity index (χ2n) is 6.67. The summed E-state index contributed by atoms with van der Waals surface area (Å²) in [7, 11) is 3.60. The summed E-state index contributed by atoms with van der Waals surface area (Å²) < 4.78 is 8.86. The van der Waals surface area contributed by atoms with Crippen LogP contribution < -0.4 is 10.1 Å². The molecule has 0 saturated heterocycles. The Kier molecular flexibility index (Phi) is 4.32. The molecule has 0 aliphatic rings. The molecule has 2 aromatic carbocycles. The molecule has 0 fully saturated rings. The number of methoxy groups -OCH3 is 1. The second-order valence-corrected chi connectivity index (χ2v) is 6.67. The van der Waals surface area contributed by atoms with Crippen molar-refractivity contribution in [2.75, 3.05) is 12.4 Å². The molecule has 0 radical (unpaired) electrons. The zero-order chi connectivity index (χ0) is 20.5. The van der Waals surface area contributed by atoms with Crippen LogP contribution in [-0.2, 0) is 7.05 Å². The molecule has 0 unspecified atom stereocenters. The predicted octanol–water partition coefficient (Wildman–Crippen LogP) is 3.36. The lowest BCUT2D eigenvalue weighted by Gasteiger charge is -2.08. The first-order chi connectivity index (χ1) is 14.7. The van der Waals surface area contributed by atoms with Crippen LogP contribution in [0.5, 0.6) is 5.75 Å². The van der Waals surface area contributed by atoms with Gasteiger partial charge in [0.15, 0.2) is 11.2 Å². The van der Waals surface area contributed by atoms with Gasteiger partial charge in [0.1, 0.15) is 11.6 Å². The molecule has 148 valence electrons. The van der Waals surface area contributed by atoms with Crippen LogP contribution in [0.4, 0.5) is 11.6 Å². The Morgan fingerprint density at radius 1 is 1.03 bits per heavy atom. The standard InChI is InChI=1S/C21H18N8O/c1-28-11-10-22-19(28)14-4-3-5-15(12-14)24-21-23-13-18-20(25-21)29(27-26-18)16-6-8-17(30-2)9-7-16/h3-13H,1-2H3,(H,23,24,25). The summed E-state index contributed by atoms with van der Waals surface area (Å²) in [6, 6.07) is 15.5. The largest absolute Gasteiger partial charge is 0.497 e. The molecule has 5 aromatic rings. The molecule has 1 N–H and O–H groups in total. The average molecular weight is 398 g/mol. The number of nitrogens with zero attached hydrogens (tertiary/aromatic N) is 7. The number of anilines is 2. The summed E-state index contributed by atoms with van der Waals surface area (Å²) in [5.74, 6) is 2.11. The Hall–Kier alpha value is -4.27. The van der Waals surface area contributed by atoms with Gasteiger partial charge in [-0.1, -0.05) is 17.3 Å². The van der Waals surface area contributed by atoms with Gasteiger partial charge in [-0.25, -0.2) is 9.97 Å². The Bertz CT molecular complexity index is 1320. The van der Waals surface area contributed by atoms with E-state index in [2.05, 4.69) is 30.6 Å². The van der Waals surface area contributed by atoms with Crippen molar-refractivity contribution in [2.45, 2.75) is 0 Å². The number of nitrogens with one attached hydrogen (secondary N) is 1. The molecule has 0 atom stereocenters. The fraction of sp³-hybridized carbons (Fsp3) is 0.0952. The summed E-state index contributed by atoms with van der Waals surface area (Å²) >= 11 is 0. The van der Waals surface area contributed by atoms with E-state index in [9.17, 15) is 0 Å². The van der Waals surface area contributed by atoms with Crippen molar-refractivity contribution < 1.29 is 4.74 Å². The first-order valence-corrected chi connectivity index (χ1v) is 9.29. The van der Waals surface area contributed by atoms with Crippen molar-refractivity contribution in [3.8, 4) is 22.8 Å². The minimum atomic E-state index is 0.455. The van der Waals surface area contributed by atoms with Crippen molar-refractivity contribution in [1.29, 1.82) is 0 Å². The molecule has 0 saturated carbocycles. The van der Waals surface area contributed by atoms with Crippen LogP contribution in [0.3, 0.4) is 0 Å². The van der Waals surface area contributed by atoms with Crippen LogP contribution in [0.25, 0.3) is 28.2 Å². The fourth-order valence-electron chi connectivity index (χ4n) is 3.19. The van der Waals surface area contributed by atoms with Crippen molar-refractivity contribution in [3.05, 3.63) is 67.1 Å². The van der Waals surface area contributed by atoms with E-state index < -0.39 is 0 Å². The third-order valence-corrected chi connectivity index (χ3v) is 4.71. The van der Waals surface area contributed by atoms with E-state index in [-0.39, 0.29) is 0 Å². The SMILES string of the molecule is COc1ccc(-n2nnc3cnc(Nc4cccc(-c5nccn5C)c4)nc32)cc1. The highest BCUT2D eigenvalue weighted by atomic mass is 16.5. The number of ether oxygens (including phenoxy) is 1. The summed E-state index contributed by atoms with van der Waals surface area (Å²) in [5, 5.41) is 11.6. The molecule has 0 amide bonds. The minimum absolute atomic E-state index is 0.455. The number of imidazole rings is 1. The quantitative estimate of drug-likeness (QED) is 0.485. The van der Waals surface area contributed by atoms with E-state index in [0.717, 1.165) is 28.5 Å². The van der Waals surface area contributed by atoms with Crippen LogP contribution in [0.2, 0.25) is 0 Å². The molecule has 9 nitrogen and oxygen atoms in total. The van der Waals surface area contributed by atoms with E-state index >= 15 is 0 Å². The van der Waals surface area contributed by atoms with E-state index in [4.69, 9.17) is 4.74 Å². The zero-order valence-corrected chi connectivity index (χ0v) is 16.4. The maximum absolute atomic E-state index is 5.22. The normalized spacial score (nSPS) is 11.0. The first kappa shape index (κ1) is 17.8. The molecule has 0 bridgehead atoms. The highest BCUT2D eigenvalue weighted by Crippen LogP contribution is 2.23. The molecular formula is C21H18N8O. The van der Waals surface area contributed by atoms with Crippen molar-refractivity contribution in [2.24, 2.45) is 7.05 Å². The van der Waals surface area contributed by atoms with Gasteiger partial charge in [-0.2, -0.15) is 9.67 Å². The topological polar surface area (TPSA) is 95.6 Å². The smallest absolute Gasteiger partial charge is 0.229 e. The lowest BCUT2D eigenvalue weighted by molar-refractivity contribution is 0.414. The first-order valence-electron chi connectivity index (χ1n) is 9.29. The third kappa shape index (κ3) is 3.22.